The minimum absolute atomic E-state index is 0.00198. The Morgan fingerprint density at radius 2 is 1.88 bits per heavy atom. The quantitative estimate of drug-likeness (QED) is 0.340. The van der Waals surface area contributed by atoms with Gasteiger partial charge in [-0.25, -0.2) is 4.39 Å². The van der Waals surface area contributed by atoms with Crippen LogP contribution >= 0.6 is 11.6 Å². The Hall–Kier alpha value is -4.03. The zero-order chi connectivity index (χ0) is 30.8. The fraction of sp³-hybridized carbons (Fsp3) is 0.433. The molecule has 0 unspecified atom stereocenters. The number of fused-ring (bicyclic) bond motifs is 1. The van der Waals surface area contributed by atoms with Crippen molar-refractivity contribution in [2.45, 2.75) is 50.9 Å². The van der Waals surface area contributed by atoms with Crippen LogP contribution in [0.1, 0.15) is 40.9 Å². The maximum Gasteiger partial charge on any atom is 0.269 e. The maximum absolute atomic E-state index is 14.2. The van der Waals surface area contributed by atoms with Gasteiger partial charge in [0, 0.05) is 43.2 Å². The van der Waals surface area contributed by atoms with Crippen LogP contribution in [0.15, 0.2) is 36.4 Å². The lowest BCUT2D eigenvalue weighted by atomic mass is 10.1. The lowest BCUT2D eigenvalue weighted by molar-refractivity contribution is -0.137. The molecule has 1 saturated heterocycles. The number of benzene rings is 2. The average molecular weight is 612 g/mol. The first kappa shape index (κ1) is 30.4. The third-order valence-corrected chi connectivity index (χ3v) is 8.42. The molecule has 3 aromatic rings. The molecule has 5 rings (SSSR count). The first-order valence-corrected chi connectivity index (χ1v) is 14.6. The largest absolute Gasteiger partial charge is 0.364 e. The number of aromatic nitrogens is 2. The molecule has 43 heavy (non-hydrogen) atoms. The SMILES string of the molecule is CN1CC[C@H](N(C)C(=O)Cc2ccc3c(c2)c(C(N)=O)nn3CC(=O)N(CC(=O)NCc2cccc(Cl)c2F)C2CC2)C1. The Balaban J connectivity index is 1.27. The van der Waals surface area contributed by atoms with Crippen molar-refractivity contribution in [1.29, 1.82) is 0 Å². The molecule has 2 aliphatic rings. The van der Waals surface area contributed by atoms with Gasteiger partial charge in [0.2, 0.25) is 17.7 Å². The van der Waals surface area contributed by atoms with Crippen molar-refractivity contribution < 1.29 is 23.6 Å². The average Bonchev–Trinajstić information content (AvgIpc) is 3.62. The highest BCUT2D eigenvalue weighted by Crippen LogP contribution is 2.28. The summed E-state index contributed by atoms with van der Waals surface area (Å²) >= 11 is 5.82. The van der Waals surface area contributed by atoms with Gasteiger partial charge in [-0.15, -0.1) is 0 Å². The number of nitrogens with two attached hydrogens (primary N) is 1. The van der Waals surface area contributed by atoms with E-state index in [0.717, 1.165) is 32.4 Å². The third-order valence-electron chi connectivity index (χ3n) is 8.13. The van der Waals surface area contributed by atoms with E-state index in [0.29, 0.717) is 16.5 Å². The van der Waals surface area contributed by atoms with Crippen LogP contribution in [0.25, 0.3) is 10.9 Å². The third kappa shape index (κ3) is 6.97. The zero-order valence-corrected chi connectivity index (χ0v) is 24.9. The number of hydrogen-bond donors (Lipinski definition) is 2. The Bertz CT molecular complexity index is 1570. The number of primary amides is 1. The summed E-state index contributed by atoms with van der Waals surface area (Å²) in [6.45, 7) is 1.28. The van der Waals surface area contributed by atoms with Gasteiger partial charge in [-0.05, 0) is 56.6 Å². The van der Waals surface area contributed by atoms with Crippen LogP contribution in [0.5, 0.6) is 0 Å². The van der Waals surface area contributed by atoms with Gasteiger partial charge in [0.15, 0.2) is 5.69 Å². The van der Waals surface area contributed by atoms with Crippen LogP contribution in [0.2, 0.25) is 5.02 Å². The second kappa shape index (κ2) is 12.7. The van der Waals surface area contributed by atoms with Crippen molar-refractivity contribution in [2.75, 3.05) is 33.7 Å². The van der Waals surface area contributed by atoms with Crippen LogP contribution < -0.4 is 11.1 Å². The summed E-state index contributed by atoms with van der Waals surface area (Å²) < 4.78 is 15.6. The standard InChI is InChI=1S/C30H35ClFN7O4/c1-36-11-10-21(15-36)37(2)26(41)13-18-6-9-24-22(12-18)29(30(33)43)35-39(24)17-27(42)38(20-7-8-20)16-25(40)34-14-19-4-3-5-23(31)28(19)32/h3-6,9,12,20-21H,7-8,10-11,13-17H2,1-2H3,(H2,33,43)(H,34,40)/t21-/m0/s1. The molecule has 1 saturated carbocycles. The topological polar surface area (TPSA) is 134 Å². The molecule has 1 aliphatic heterocycles. The monoisotopic (exact) mass is 611 g/mol. The lowest BCUT2D eigenvalue weighted by Crippen LogP contribution is -2.43. The predicted molar refractivity (Wildman–Crippen MR) is 159 cm³/mol. The van der Waals surface area contributed by atoms with Crippen LogP contribution in [-0.2, 0) is 33.9 Å². The van der Waals surface area contributed by atoms with Crippen molar-refractivity contribution in [1.82, 2.24) is 29.8 Å². The molecule has 13 heteroatoms. The van der Waals surface area contributed by atoms with Gasteiger partial charge in [-0.2, -0.15) is 5.10 Å². The fourth-order valence-corrected chi connectivity index (χ4v) is 5.68. The van der Waals surface area contributed by atoms with Gasteiger partial charge >= 0.3 is 0 Å². The molecule has 0 radical (unpaired) electrons. The first-order chi connectivity index (χ1) is 20.5. The molecule has 4 amide bonds. The van der Waals surface area contributed by atoms with E-state index in [1.54, 1.807) is 29.2 Å². The van der Waals surface area contributed by atoms with Crippen LogP contribution in [0, 0.1) is 5.82 Å². The van der Waals surface area contributed by atoms with Crippen molar-refractivity contribution in [3.05, 3.63) is 64.1 Å². The molecule has 1 aromatic heterocycles. The summed E-state index contributed by atoms with van der Waals surface area (Å²) in [5.41, 5.74) is 7.09. The molecule has 1 aliphatic carbocycles. The number of likely N-dealkylation sites (tertiary alicyclic amines) is 1. The lowest BCUT2D eigenvalue weighted by Gasteiger charge is -2.24. The van der Waals surface area contributed by atoms with Gasteiger partial charge in [0.1, 0.15) is 12.4 Å². The molecule has 2 fully saturated rings. The predicted octanol–water partition coefficient (Wildman–Crippen LogP) is 1.94. The highest BCUT2D eigenvalue weighted by molar-refractivity contribution is 6.30. The second-order valence-electron chi connectivity index (χ2n) is 11.4. The molecular formula is C30H35ClFN7O4. The van der Waals surface area contributed by atoms with Crippen molar-refractivity contribution >= 4 is 46.1 Å². The van der Waals surface area contributed by atoms with Gasteiger partial charge < -0.3 is 25.8 Å². The second-order valence-corrected chi connectivity index (χ2v) is 11.8. The number of carbonyl (C=O) groups is 4. The molecule has 11 nitrogen and oxygen atoms in total. The summed E-state index contributed by atoms with van der Waals surface area (Å²) in [7, 11) is 3.84. The molecule has 0 bridgehead atoms. The molecule has 2 aromatic carbocycles. The van der Waals surface area contributed by atoms with Gasteiger partial charge in [-0.1, -0.05) is 29.8 Å². The minimum Gasteiger partial charge on any atom is -0.364 e. The Morgan fingerprint density at radius 3 is 2.56 bits per heavy atom. The smallest absolute Gasteiger partial charge is 0.269 e. The molecular weight excluding hydrogens is 577 g/mol. The van der Waals surface area contributed by atoms with Gasteiger partial charge in [0.05, 0.1) is 23.5 Å². The van der Waals surface area contributed by atoms with Crippen LogP contribution in [0.4, 0.5) is 4.39 Å². The van der Waals surface area contributed by atoms with E-state index in [2.05, 4.69) is 15.3 Å². The van der Waals surface area contributed by atoms with E-state index < -0.39 is 17.6 Å². The highest BCUT2D eigenvalue weighted by Gasteiger charge is 2.34. The summed E-state index contributed by atoms with van der Waals surface area (Å²) in [6, 6.07) is 9.84. The number of nitrogens with one attached hydrogen (secondary N) is 1. The van der Waals surface area contributed by atoms with Crippen molar-refractivity contribution in [2.24, 2.45) is 5.73 Å². The molecule has 2 heterocycles. The van der Waals surface area contributed by atoms with E-state index >= 15 is 0 Å². The number of rotatable bonds is 11. The maximum atomic E-state index is 14.2. The van der Waals surface area contributed by atoms with Crippen molar-refractivity contribution in [3.63, 3.8) is 0 Å². The van der Waals surface area contributed by atoms with E-state index in [-0.39, 0.29) is 66.2 Å². The van der Waals surface area contributed by atoms with E-state index in [1.165, 1.54) is 21.7 Å². The van der Waals surface area contributed by atoms with Gasteiger partial charge in [-0.3, -0.25) is 23.9 Å². The Kier molecular flexibility index (Phi) is 8.97. The summed E-state index contributed by atoms with van der Waals surface area (Å²) in [6.07, 6.45) is 2.59. The molecule has 1 atom stereocenters. The van der Waals surface area contributed by atoms with Crippen LogP contribution in [0.3, 0.4) is 0 Å². The number of likely N-dealkylation sites (N-methyl/N-ethyl adjacent to an activating group) is 2. The minimum atomic E-state index is -0.752. The number of hydrogen-bond acceptors (Lipinski definition) is 6. The van der Waals surface area contributed by atoms with Crippen molar-refractivity contribution in [3.8, 4) is 0 Å². The van der Waals surface area contributed by atoms with E-state index in [1.807, 2.05) is 14.1 Å². The summed E-state index contributed by atoms with van der Waals surface area (Å²) in [5, 5.41) is 7.39. The van der Waals surface area contributed by atoms with E-state index in [4.69, 9.17) is 17.3 Å². The first-order valence-electron chi connectivity index (χ1n) is 14.2. The number of nitrogens with zero attached hydrogens (tertiary/aromatic N) is 5. The Labute approximate surface area is 253 Å². The number of halogens is 2. The normalized spacial score (nSPS) is 16.8. The molecule has 3 N–H and O–H groups in total. The van der Waals surface area contributed by atoms with E-state index in [9.17, 15) is 23.6 Å². The molecule has 0 spiro atoms. The summed E-state index contributed by atoms with van der Waals surface area (Å²) in [5.74, 6) is -2.17. The highest BCUT2D eigenvalue weighted by atomic mass is 35.5. The zero-order valence-electron chi connectivity index (χ0n) is 24.2. The molecule has 228 valence electrons. The number of carbonyl (C=O) groups excluding carboxylic acids is 4. The fourth-order valence-electron chi connectivity index (χ4n) is 5.49. The Morgan fingerprint density at radius 1 is 1.12 bits per heavy atom. The summed E-state index contributed by atoms with van der Waals surface area (Å²) in [4.78, 5) is 56.8. The van der Waals surface area contributed by atoms with Crippen LogP contribution in [-0.4, -0.2) is 93.9 Å². The van der Waals surface area contributed by atoms with Gasteiger partial charge in [0.25, 0.3) is 5.91 Å². The number of amides is 4.